The van der Waals surface area contributed by atoms with Gasteiger partial charge >= 0.3 is 0 Å². The Bertz CT molecular complexity index is 761. The summed E-state index contributed by atoms with van der Waals surface area (Å²) in [6, 6.07) is 13.6. The van der Waals surface area contributed by atoms with Gasteiger partial charge in [0.1, 0.15) is 12.4 Å². The number of hydrogen-bond donors (Lipinski definition) is 2. The molecule has 0 aromatic heterocycles. The van der Waals surface area contributed by atoms with Crippen LogP contribution in [0.15, 0.2) is 48.5 Å². The molecule has 0 saturated heterocycles. The first kappa shape index (κ1) is 19.6. The Morgan fingerprint density at radius 2 is 1.88 bits per heavy atom. The van der Waals surface area contributed by atoms with Crippen LogP contribution in [0, 0.1) is 17.7 Å². The molecule has 5 heteroatoms. The number of aliphatic hydroxyl groups is 1. The van der Waals surface area contributed by atoms with Crippen molar-refractivity contribution in [3.63, 3.8) is 0 Å². The fourth-order valence-corrected chi connectivity index (χ4v) is 2.18. The highest BCUT2D eigenvalue weighted by Crippen LogP contribution is 2.14. The van der Waals surface area contributed by atoms with E-state index in [1.165, 1.54) is 12.1 Å². The number of carbonyl (C=O) groups excluding carboxylic acids is 1. The van der Waals surface area contributed by atoms with Crippen LogP contribution in [0.3, 0.4) is 0 Å². The van der Waals surface area contributed by atoms with E-state index in [4.69, 9.17) is 9.84 Å². The summed E-state index contributed by atoms with van der Waals surface area (Å²) in [4.78, 5) is 11.7. The van der Waals surface area contributed by atoms with Crippen molar-refractivity contribution in [2.45, 2.75) is 19.4 Å². The van der Waals surface area contributed by atoms with Gasteiger partial charge in [0.15, 0.2) is 0 Å². The van der Waals surface area contributed by atoms with Crippen LogP contribution in [-0.2, 0) is 16.1 Å². The Morgan fingerprint density at radius 1 is 1.19 bits per heavy atom. The van der Waals surface area contributed by atoms with Gasteiger partial charge in [-0.25, -0.2) is 4.39 Å². The van der Waals surface area contributed by atoms with Crippen molar-refractivity contribution in [1.29, 1.82) is 0 Å². The van der Waals surface area contributed by atoms with E-state index in [1.807, 2.05) is 31.2 Å². The molecule has 2 N–H and O–H groups in total. The summed E-state index contributed by atoms with van der Waals surface area (Å²) in [7, 11) is 0. The highest BCUT2D eigenvalue weighted by Gasteiger charge is 2.03. The number of nitrogens with one attached hydrogen (secondary N) is 1. The van der Waals surface area contributed by atoms with E-state index in [-0.39, 0.29) is 44.0 Å². The van der Waals surface area contributed by atoms with Gasteiger partial charge in [0, 0.05) is 18.1 Å². The van der Waals surface area contributed by atoms with Crippen molar-refractivity contribution in [2.24, 2.45) is 0 Å². The lowest BCUT2D eigenvalue weighted by Gasteiger charge is -2.07. The zero-order chi connectivity index (χ0) is 18.8. The van der Waals surface area contributed by atoms with Crippen molar-refractivity contribution in [3.05, 3.63) is 71.0 Å². The van der Waals surface area contributed by atoms with Crippen LogP contribution in [0.2, 0.25) is 0 Å². The molecule has 1 unspecified atom stereocenters. The van der Waals surface area contributed by atoms with Gasteiger partial charge in [0.25, 0.3) is 0 Å². The Hall–Kier alpha value is -2.68. The van der Waals surface area contributed by atoms with Gasteiger partial charge in [-0.05, 0) is 35.4 Å². The minimum atomic E-state index is -0.303. The molecule has 0 aliphatic heterocycles. The second-order valence-electron chi connectivity index (χ2n) is 5.90. The number of carbonyl (C=O) groups is 1. The van der Waals surface area contributed by atoms with Crippen LogP contribution < -0.4 is 5.32 Å². The van der Waals surface area contributed by atoms with Crippen LogP contribution >= 0.6 is 0 Å². The quantitative estimate of drug-likeness (QED) is 0.751. The van der Waals surface area contributed by atoms with Gasteiger partial charge in [-0.1, -0.05) is 43.0 Å². The summed E-state index contributed by atoms with van der Waals surface area (Å²) in [6.45, 7) is 2.47. The predicted molar refractivity (Wildman–Crippen MR) is 97.9 cm³/mol. The summed E-state index contributed by atoms with van der Waals surface area (Å²) < 4.78 is 18.1. The van der Waals surface area contributed by atoms with Crippen molar-refractivity contribution in [1.82, 2.24) is 5.32 Å². The molecular weight excluding hydrogens is 333 g/mol. The third-order valence-electron chi connectivity index (χ3n) is 3.78. The molecule has 2 rings (SSSR count). The normalized spacial score (nSPS) is 11.3. The Labute approximate surface area is 153 Å². The topological polar surface area (TPSA) is 58.6 Å². The highest BCUT2D eigenvalue weighted by molar-refractivity contribution is 5.77. The molecule has 0 spiro atoms. The van der Waals surface area contributed by atoms with Gasteiger partial charge in [-0.3, -0.25) is 4.79 Å². The van der Waals surface area contributed by atoms with Gasteiger partial charge < -0.3 is 15.2 Å². The monoisotopic (exact) mass is 355 g/mol. The molecule has 1 atom stereocenters. The lowest BCUT2D eigenvalue weighted by atomic mass is 10.0. The second kappa shape index (κ2) is 10.3. The van der Waals surface area contributed by atoms with Crippen LogP contribution in [0.5, 0.6) is 0 Å². The smallest absolute Gasteiger partial charge is 0.246 e. The minimum Gasteiger partial charge on any atom is -0.396 e. The summed E-state index contributed by atoms with van der Waals surface area (Å²) in [5.74, 6) is 5.39. The molecule has 2 aromatic carbocycles. The van der Waals surface area contributed by atoms with Crippen molar-refractivity contribution in [2.75, 3.05) is 19.8 Å². The SMILES string of the molecule is CC(CO)c1ccc(C#CCNC(=O)COCc2ccc(F)cc2)cc1. The summed E-state index contributed by atoms with van der Waals surface area (Å²) in [5.41, 5.74) is 2.71. The van der Waals surface area contributed by atoms with Gasteiger partial charge in [0.2, 0.25) is 5.91 Å². The van der Waals surface area contributed by atoms with E-state index < -0.39 is 0 Å². The predicted octanol–water partition coefficient (Wildman–Crippen LogP) is 2.61. The molecule has 136 valence electrons. The molecule has 1 amide bonds. The van der Waals surface area contributed by atoms with Crippen LogP contribution in [-0.4, -0.2) is 30.8 Å². The van der Waals surface area contributed by atoms with Gasteiger partial charge in [0.05, 0.1) is 13.2 Å². The maximum absolute atomic E-state index is 12.8. The molecular formula is C21H22FNO3. The lowest BCUT2D eigenvalue weighted by molar-refractivity contribution is -0.125. The maximum Gasteiger partial charge on any atom is 0.246 e. The fourth-order valence-electron chi connectivity index (χ4n) is 2.18. The summed E-state index contributed by atoms with van der Waals surface area (Å²) in [5, 5.41) is 11.8. The third-order valence-corrected chi connectivity index (χ3v) is 3.78. The third kappa shape index (κ3) is 6.67. The zero-order valence-corrected chi connectivity index (χ0v) is 14.7. The number of rotatable bonds is 7. The van der Waals surface area contributed by atoms with E-state index in [9.17, 15) is 9.18 Å². The molecule has 0 radical (unpaired) electrons. The molecule has 0 fully saturated rings. The van der Waals surface area contributed by atoms with E-state index in [1.54, 1.807) is 12.1 Å². The van der Waals surface area contributed by atoms with Gasteiger partial charge in [-0.15, -0.1) is 0 Å². The van der Waals surface area contributed by atoms with Crippen LogP contribution in [0.25, 0.3) is 0 Å². The maximum atomic E-state index is 12.8. The number of aliphatic hydroxyl groups excluding tert-OH is 1. The average Bonchev–Trinajstić information content (AvgIpc) is 2.66. The Balaban J connectivity index is 1.68. The first-order chi connectivity index (χ1) is 12.6. The van der Waals surface area contributed by atoms with Crippen molar-refractivity contribution >= 4 is 5.91 Å². The molecule has 26 heavy (non-hydrogen) atoms. The van der Waals surface area contributed by atoms with E-state index in [0.29, 0.717) is 0 Å². The van der Waals surface area contributed by atoms with Crippen LogP contribution in [0.4, 0.5) is 4.39 Å². The fraction of sp³-hybridized carbons (Fsp3) is 0.286. The summed E-state index contributed by atoms with van der Waals surface area (Å²) >= 11 is 0. The zero-order valence-electron chi connectivity index (χ0n) is 14.7. The number of benzene rings is 2. The number of ether oxygens (including phenoxy) is 1. The Kier molecular flexibility index (Phi) is 7.81. The first-order valence-electron chi connectivity index (χ1n) is 8.37. The number of hydrogen-bond acceptors (Lipinski definition) is 3. The second-order valence-corrected chi connectivity index (χ2v) is 5.90. The van der Waals surface area contributed by atoms with Crippen LogP contribution in [0.1, 0.15) is 29.5 Å². The molecule has 0 aliphatic rings. The molecule has 0 bridgehead atoms. The number of halogens is 1. The van der Waals surface area contributed by atoms with Gasteiger partial charge in [-0.2, -0.15) is 0 Å². The molecule has 0 saturated carbocycles. The average molecular weight is 355 g/mol. The van der Waals surface area contributed by atoms with Crippen molar-refractivity contribution in [3.8, 4) is 11.8 Å². The Morgan fingerprint density at radius 3 is 2.54 bits per heavy atom. The lowest BCUT2D eigenvalue weighted by Crippen LogP contribution is -2.27. The molecule has 0 aliphatic carbocycles. The van der Waals surface area contributed by atoms with E-state index in [2.05, 4.69) is 17.2 Å². The summed E-state index contributed by atoms with van der Waals surface area (Å²) in [6.07, 6.45) is 0. The van der Waals surface area contributed by atoms with E-state index >= 15 is 0 Å². The number of amides is 1. The highest BCUT2D eigenvalue weighted by atomic mass is 19.1. The minimum absolute atomic E-state index is 0.0766. The molecule has 2 aromatic rings. The standard InChI is InChI=1S/C21H22FNO3/c1-16(13-24)19-8-4-17(5-9-19)3-2-12-23-21(25)15-26-14-18-6-10-20(22)11-7-18/h4-11,16,24H,12-15H2,1H3,(H,23,25). The first-order valence-corrected chi connectivity index (χ1v) is 8.37. The molecule has 4 nitrogen and oxygen atoms in total. The van der Waals surface area contributed by atoms with Crippen molar-refractivity contribution < 1.29 is 19.0 Å². The van der Waals surface area contributed by atoms with E-state index in [0.717, 1.165) is 16.7 Å². The largest absolute Gasteiger partial charge is 0.396 e. The molecule has 0 heterocycles.